The summed E-state index contributed by atoms with van der Waals surface area (Å²) >= 11 is 0. The maximum atomic E-state index is 12.4. The highest BCUT2D eigenvalue weighted by Gasteiger charge is 2.14. The number of benzene rings is 1. The molecule has 136 valence electrons. The van der Waals surface area contributed by atoms with E-state index in [9.17, 15) is 9.59 Å². The number of nitrogens with zero attached hydrogens (tertiary/aromatic N) is 3. The van der Waals surface area contributed by atoms with Crippen molar-refractivity contribution in [2.45, 2.75) is 20.0 Å². The zero-order valence-corrected chi connectivity index (χ0v) is 14.6. The fourth-order valence-electron chi connectivity index (χ4n) is 2.53. The van der Waals surface area contributed by atoms with Crippen LogP contribution in [0.25, 0.3) is 11.1 Å². The van der Waals surface area contributed by atoms with E-state index in [1.54, 1.807) is 39.3 Å². The van der Waals surface area contributed by atoms with Crippen LogP contribution in [0.15, 0.2) is 33.8 Å². The highest BCUT2D eigenvalue weighted by molar-refractivity contribution is 5.77. The van der Waals surface area contributed by atoms with Crippen molar-refractivity contribution < 1.29 is 18.8 Å². The summed E-state index contributed by atoms with van der Waals surface area (Å²) in [7, 11) is 3.11. The van der Waals surface area contributed by atoms with Crippen LogP contribution < -0.4 is 20.3 Å². The van der Waals surface area contributed by atoms with Gasteiger partial charge in [-0.05, 0) is 19.1 Å². The second kappa shape index (κ2) is 7.26. The maximum Gasteiger partial charge on any atom is 0.267 e. The van der Waals surface area contributed by atoms with E-state index >= 15 is 0 Å². The quantitative estimate of drug-likeness (QED) is 0.701. The lowest BCUT2D eigenvalue weighted by molar-refractivity contribution is -0.121. The molecule has 2 aromatic heterocycles. The Morgan fingerprint density at radius 2 is 2.12 bits per heavy atom. The van der Waals surface area contributed by atoms with Crippen LogP contribution in [0.5, 0.6) is 11.5 Å². The van der Waals surface area contributed by atoms with E-state index in [1.165, 1.54) is 10.9 Å². The summed E-state index contributed by atoms with van der Waals surface area (Å²) in [5.74, 6) is 0.928. The first-order valence-corrected chi connectivity index (χ1v) is 7.82. The van der Waals surface area contributed by atoms with Crippen LogP contribution in [-0.2, 0) is 17.9 Å². The highest BCUT2D eigenvalue weighted by Crippen LogP contribution is 2.24. The Labute approximate surface area is 148 Å². The Kier molecular flexibility index (Phi) is 4.87. The minimum Gasteiger partial charge on any atom is -0.497 e. The number of ether oxygens (including phenoxy) is 2. The highest BCUT2D eigenvalue weighted by atomic mass is 16.5. The molecule has 0 aliphatic rings. The molecular weight excluding hydrogens is 340 g/mol. The van der Waals surface area contributed by atoms with Gasteiger partial charge in [-0.3, -0.25) is 14.2 Å². The number of carbonyl (C=O) groups is 1. The summed E-state index contributed by atoms with van der Waals surface area (Å²) in [5.41, 5.74) is 1.02. The van der Waals surface area contributed by atoms with Gasteiger partial charge in [0, 0.05) is 18.2 Å². The summed E-state index contributed by atoms with van der Waals surface area (Å²) < 4.78 is 16.6. The van der Waals surface area contributed by atoms with E-state index in [4.69, 9.17) is 14.0 Å². The van der Waals surface area contributed by atoms with Gasteiger partial charge in [0.25, 0.3) is 11.3 Å². The van der Waals surface area contributed by atoms with Gasteiger partial charge in [-0.25, -0.2) is 4.98 Å². The topological polar surface area (TPSA) is 108 Å². The van der Waals surface area contributed by atoms with Gasteiger partial charge < -0.3 is 19.3 Å². The molecule has 9 nitrogen and oxygen atoms in total. The predicted molar refractivity (Wildman–Crippen MR) is 92.2 cm³/mol. The largest absolute Gasteiger partial charge is 0.497 e. The number of carbonyl (C=O) groups excluding carboxylic acids is 1. The van der Waals surface area contributed by atoms with Gasteiger partial charge in [0.05, 0.1) is 19.9 Å². The van der Waals surface area contributed by atoms with Crippen molar-refractivity contribution in [3.05, 3.63) is 46.1 Å². The summed E-state index contributed by atoms with van der Waals surface area (Å²) in [6.45, 7) is 1.74. The van der Waals surface area contributed by atoms with Crippen LogP contribution in [0.3, 0.4) is 0 Å². The maximum absolute atomic E-state index is 12.4. The van der Waals surface area contributed by atoms with E-state index < -0.39 is 0 Å². The molecule has 0 saturated carbocycles. The first-order valence-electron chi connectivity index (χ1n) is 7.82. The smallest absolute Gasteiger partial charge is 0.267 e. The zero-order chi connectivity index (χ0) is 18.7. The Balaban J connectivity index is 1.71. The number of amides is 1. The average Bonchev–Trinajstić information content (AvgIpc) is 3.03. The molecule has 1 amide bonds. The molecule has 1 aromatic carbocycles. The standard InChI is InChI=1S/C17H18N4O5/c1-10-15-16(26-20-10)19-9-21(17(15)23)8-14(22)18-7-11-4-5-12(24-2)6-13(11)25-3/h4-6,9H,7-8H2,1-3H3,(H,18,22). The fraction of sp³-hybridized carbons (Fsp3) is 0.294. The average molecular weight is 358 g/mol. The third kappa shape index (κ3) is 3.37. The molecule has 0 bridgehead atoms. The lowest BCUT2D eigenvalue weighted by Gasteiger charge is -2.11. The zero-order valence-electron chi connectivity index (χ0n) is 14.6. The first kappa shape index (κ1) is 17.5. The van der Waals surface area contributed by atoms with Crippen molar-refractivity contribution >= 4 is 17.0 Å². The third-order valence-electron chi connectivity index (χ3n) is 3.92. The van der Waals surface area contributed by atoms with Gasteiger partial charge in [-0.15, -0.1) is 0 Å². The first-order chi connectivity index (χ1) is 12.5. The number of aryl methyl sites for hydroxylation is 1. The van der Waals surface area contributed by atoms with Crippen molar-refractivity contribution in [1.29, 1.82) is 0 Å². The molecule has 0 fully saturated rings. The number of methoxy groups -OCH3 is 2. The molecule has 0 spiro atoms. The molecule has 0 unspecified atom stereocenters. The Morgan fingerprint density at radius 1 is 1.31 bits per heavy atom. The molecule has 2 heterocycles. The van der Waals surface area contributed by atoms with E-state index in [-0.39, 0.29) is 35.7 Å². The second-order valence-electron chi connectivity index (χ2n) is 5.58. The van der Waals surface area contributed by atoms with Crippen LogP contribution in [-0.4, -0.2) is 34.8 Å². The molecule has 0 aliphatic carbocycles. The summed E-state index contributed by atoms with van der Waals surface area (Å²) in [5, 5.41) is 6.74. The summed E-state index contributed by atoms with van der Waals surface area (Å²) in [6, 6.07) is 5.32. The minimum absolute atomic E-state index is 0.159. The monoisotopic (exact) mass is 358 g/mol. The third-order valence-corrected chi connectivity index (χ3v) is 3.92. The molecule has 1 N–H and O–H groups in total. The molecule has 3 rings (SSSR count). The molecule has 0 atom stereocenters. The van der Waals surface area contributed by atoms with Gasteiger partial charge in [0.15, 0.2) is 0 Å². The molecule has 0 aliphatic heterocycles. The Hall–Kier alpha value is -3.36. The number of aromatic nitrogens is 3. The lowest BCUT2D eigenvalue weighted by atomic mass is 10.2. The van der Waals surface area contributed by atoms with Crippen LogP contribution in [0.1, 0.15) is 11.3 Å². The molecule has 3 aromatic rings. The Bertz CT molecular complexity index is 1010. The van der Waals surface area contributed by atoms with Crippen molar-refractivity contribution in [2.24, 2.45) is 0 Å². The normalized spacial score (nSPS) is 10.7. The molecule has 0 radical (unpaired) electrons. The van der Waals surface area contributed by atoms with Gasteiger partial charge in [-0.2, -0.15) is 0 Å². The minimum atomic E-state index is -0.370. The SMILES string of the molecule is COc1ccc(CNC(=O)Cn2cnc3onc(C)c3c2=O)c(OC)c1. The van der Waals surface area contributed by atoms with E-state index in [2.05, 4.69) is 15.5 Å². The van der Waals surface area contributed by atoms with Gasteiger partial charge in [0.2, 0.25) is 5.91 Å². The molecule has 9 heteroatoms. The van der Waals surface area contributed by atoms with Crippen LogP contribution in [0, 0.1) is 6.92 Å². The molecular formula is C17H18N4O5. The second-order valence-corrected chi connectivity index (χ2v) is 5.58. The van der Waals surface area contributed by atoms with Crippen LogP contribution >= 0.6 is 0 Å². The fourth-order valence-corrected chi connectivity index (χ4v) is 2.53. The number of hydrogen-bond donors (Lipinski definition) is 1. The number of hydrogen-bond acceptors (Lipinski definition) is 7. The predicted octanol–water partition coefficient (Wildman–Crippen LogP) is 1.03. The van der Waals surface area contributed by atoms with E-state index in [1.807, 2.05) is 0 Å². The number of fused-ring (bicyclic) bond motifs is 1. The number of nitrogens with one attached hydrogen (secondary N) is 1. The van der Waals surface area contributed by atoms with Crippen LogP contribution in [0.2, 0.25) is 0 Å². The van der Waals surface area contributed by atoms with Crippen molar-refractivity contribution in [2.75, 3.05) is 14.2 Å². The molecule has 26 heavy (non-hydrogen) atoms. The van der Waals surface area contributed by atoms with Crippen molar-refractivity contribution in [3.8, 4) is 11.5 Å². The lowest BCUT2D eigenvalue weighted by Crippen LogP contribution is -2.32. The number of rotatable bonds is 6. The van der Waals surface area contributed by atoms with Gasteiger partial charge in [-0.1, -0.05) is 5.16 Å². The van der Waals surface area contributed by atoms with E-state index in [0.717, 1.165) is 5.56 Å². The van der Waals surface area contributed by atoms with Crippen molar-refractivity contribution in [1.82, 2.24) is 20.0 Å². The van der Waals surface area contributed by atoms with Crippen molar-refractivity contribution in [3.63, 3.8) is 0 Å². The van der Waals surface area contributed by atoms with Gasteiger partial charge in [0.1, 0.15) is 29.8 Å². The summed E-state index contributed by atoms with van der Waals surface area (Å²) in [6.07, 6.45) is 1.27. The van der Waals surface area contributed by atoms with Crippen LogP contribution in [0.4, 0.5) is 0 Å². The van der Waals surface area contributed by atoms with Gasteiger partial charge >= 0.3 is 0 Å². The Morgan fingerprint density at radius 3 is 2.85 bits per heavy atom. The summed E-state index contributed by atoms with van der Waals surface area (Å²) in [4.78, 5) is 28.6. The molecule has 0 saturated heterocycles. The van der Waals surface area contributed by atoms with E-state index in [0.29, 0.717) is 17.2 Å².